The molecule has 0 fully saturated rings. The molecule has 0 atom stereocenters. The van der Waals surface area contributed by atoms with Crippen LogP contribution in [0.3, 0.4) is 0 Å². The van der Waals surface area contributed by atoms with Crippen molar-refractivity contribution < 1.29 is 4.39 Å². The molecule has 0 aliphatic heterocycles. The Bertz CT molecular complexity index is 904. The van der Waals surface area contributed by atoms with Gasteiger partial charge in [-0.1, -0.05) is 0 Å². The van der Waals surface area contributed by atoms with Crippen molar-refractivity contribution in [1.29, 1.82) is 0 Å². The zero-order valence-corrected chi connectivity index (χ0v) is 17.2. The molecular formula is C19H20FIN6. The van der Waals surface area contributed by atoms with Crippen molar-refractivity contribution in [1.82, 2.24) is 19.9 Å². The highest BCUT2D eigenvalue weighted by atomic mass is 127. The third-order valence-electron chi connectivity index (χ3n) is 3.72. The first-order valence-electron chi connectivity index (χ1n) is 8.41. The molecule has 3 aromatic rings. The number of pyridine rings is 1. The van der Waals surface area contributed by atoms with E-state index in [1.54, 1.807) is 24.5 Å². The number of nitrogens with zero attached hydrogens (tertiary/aromatic N) is 4. The number of hydrogen-bond acceptors (Lipinski definition) is 6. The van der Waals surface area contributed by atoms with Crippen LogP contribution in [-0.4, -0.2) is 47.0 Å². The highest BCUT2D eigenvalue weighted by Crippen LogP contribution is 2.25. The quantitative estimate of drug-likeness (QED) is 0.501. The van der Waals surface area contributed by atoms with Crippen molar-refractivity contribution in [3.8, 4) is 11.3 Å². The third-order valence-corrected chi connectivity index (χ3v) is 4.39. The van der Waals surface area contributed by atoms with Crippen molar-refractivity contribution in [2.24, 2.45) is 0 Å². The topological polar surface area (TPSA) is 66.0 Å². The van der Waals surface area contributed by atoms with Gasteiger partial charge in [0.15, 0.2) is 0 Å². The molecule has 0 radical (unpaired) electrons. The van der Waals surface area contributed by atoms with Crippen LogP contribution in [0.5, 0.6) is 0 Å². The van der Waals surface area contributed by atoms with Crippen molar-refractivity contribution >= 4 is 40.0 Å². The summed E-state index contributed by atoms with van der Waals surface area (Å²) >= 11 is 2.08. The number of anilines is 3. The molecule has 27 heavy (non-hydrogen) atoms. The molecule has 0 aliphatic carbocycles. The molecule has 2 heterocycles. The van der Waals surface area contributed by atoms with Gasteiger partial charge in [-0.15, -0.1) is 0 Å². The lowest BCUT2D eigenvalue weighted by Crippen LogP contribution is -2.21. The Morgan fingerprint density at radius 2 is 2.00 bits per heavy atom. The molecule has 2 aromatic heterocycles. The van der Waals surface area contributed by atoms with E-state index in [0.29, 0.717) is 29.7 Å². The summed E-state index contributed by atoms with van der Waals surface area (Å²) in [5.41, 5.74) is 1.94. The highest BCUT2D eigenvalue weighted by Gasteiger charge is 2.10. The van der Waals surface area contributed by atoms with Gasteiger partial charge in [-0.05, 0) is 67.0 Å². The first-order chi connectivity index (χ1) is 13.0. The maximum Gasteiger partial charge on any atom is 0.225 e. The minimum atomic E-state index is -0.328. The molecule has 0 bridgehead atoms. The lowest BCUT2D eigenvalue weighted by atomic mass is 10.2. The Labute approximate surface area is 171 Å². The second-order valence-corrected chi connectivity index (χ2v) is 7.43. The Balaban J connectivity index is 1.91. The lowest BCUT2D eigenvalue weighted by molar-refractivity contribution is 0.425. The van der Waals surface area contributed by atoms with E-state index in [-0.39, 0.29) is 5.82 Å². The fourth-order valence-corrected chi connectivity index (χ4v) is 2.83. The largest absolute Gasteiger partial charge is 0.353 e. The Hall–Kier alpha value is -2.33. The van der Waals surface area contributed by atoms with Crippen molar-refractivity contribution in [3.63, 3.8) is 0 Å². The van der Waals surface area contributed by atoms with E-state index in [1.807, 2.05) is 32.3 Å². The summed E-state index contributed by atoms with van der Waals surface area (Å²) in [7, 11) is 4.00. The van der Waals surface area contributed by atoms with E-state index in [9.17, 15) is 4.39 Å². The van der Waals surface area contributed by atoms with E-state index in [1.165, 1.54) is 6.07 Å². The van der Waals surface area contributed by atoms with Gasteiger partial charge in [-0.3, -0.25) is 4.98 Å². The van der Waals surface area contributed by atoms with Crippen LogP contribution in [-0.2, 0) is 0 Å². The van der Waals surface area contributed by atoms with Gasteiger partial charge in [0.1, 0.15) is 11.6 Å². The maximum atomic E-state index is 14.2. The zero-order valence-electron chi connectivity index (χ0n) is 15.1. The number of hydrogen-bond donors (Lipinski definition) is 2. The fourth-order valence-electron chi connectivity index (χ4n) is 2.37. The minimum absolute atomic E-state index is 0.328. The molecule has 2 N–H and O–H groups in total. The Morgan fingerprint density at radius 3 is 2.70 bits per heavy atom. The summed E-state index contributed by atoms with van der Waals surface area (Å²) in [6, 6.07) is 10.6. The molecular weight excluding hydrogens is 458 g/mol. The van der Waals surface area contributed by atoms with E-state index in [0.717, 1.165) is 15.7 Å². The summed E-state index contributed by atoms with van der Waals surface area (Å²) in [5, 5.41) is 6.27. The third kappa shape index (κ3) is 5.57. The van der Waals surface area contributed by atoms with Gasteiger partial charge >= 0.3 is 0 Å². The predicted octanol–water partition coefficient (Wildman–Crippen LogP) is 4.00. The van der Waals surface area contributed by atoms with Crippen molar-refractivity contribution in [2.45, 2.75) is 0 Å². The number of aromatic nitrogens is 3. The lowest BCUT2D eigenvalue weighted by Gasteiger charge is -2.13. The van der Waals surface area contributed by atoms with Crippen molar-refractivity contribution in [2.75, 3.05) is 37.8 Å². The van der Waals surface area contributed by atoms with Gasteiger partial charge in [-0.25, -0.2) is 9.37 Å². The van der Waals surface area contributed by atoms with Gasteiger partial charge in [-0.2, -0.15) is 4.98 Å². The summed E-state index contributed by atoms with van der Waals surface area (Å²) < 4.78 is 15.0. The number of rotatable bonds is 7. The van der Waals surface area contributed by atoms with Crippen LogP contribution in [0.4, 0.5) is 21.8 Å². The number of likely N-dealkylation sites (N-methyl/N-ethyl adjacent to an activating group) is 1. The molecule has 3 rings (SSSR count). The summed E-state index contributed by atoms with van der Waals surface area (Å²) in [5.74, 6) is 0.661. The van der Waals surface area contributed by atoms with Crippen LogP contribution in [0, 0.1) is 9.39 Å². The monoisotopic (exact) mass is 478 g/mol. The highest BCUT2D eigenvalue weighted by molar-refractivity contribution is 14.1. The molecule has 1 aromatic carbocycles. The van der Waals surface area contributed by atoms with Gasteiger partial charge in [0.05, 0.1) is 11.4 Å². The van der Waals surface area contributed by atoms with Crippen molar-refractivity contribution in [3.05, 3.63) is 58.2 Å². The molecule has 0 saturated carbocycles. The van der Waals surface area contributed by atoms with Crippen LogP contribution in [0.25, 0.3) is 11.3 Å². The number of benzene rings is 1. The second kappa shape index (κ2) is 9.05. The van der Waals surface area contributed by atoms with Crippen LogP contribution < -0.4 is 10.6 Å². The zero-order chi connectivity index (χ0) is 19.2. The summed E-state index contributed by atoms with van der Waals surface area (Å²) in [4.78, 5) is 15.2. The van der Waals surface area contributed by atoms with Crippen LogP contribution >= 0.6 is 22.6 Å². The van der Waals surface area contributed by atoms with Gasteiger partial charge in [0.2, 0.25) is 5.95 Å². The van der Waals surface area contributed by atoms with E-state index >= 15 is 0 Å². The average Bonchev–Trinajstić information content (AvgIpc) is 2.64. The molecule has 6 nitrogen and oxygen atoms in total. The fraction of sp³-hybridized carbons (Fsp3) is 0.211. The van der Waals surface area contributed by atoms with Gasteiger partial charge < -0.3 is 15.5 Å². The van der Waals surface area contributed by atoms with Gasteiger partial charge in [0.25, 0.3) is 0 Å². The Kier molecular flexibility index (Phi) is 6.51. The normalized spacial score (nSPS) is 10.9. The maximum absolute atomic E-state index is 14.2. The molecule has 0 spiro atoms. The summed E-state index contributed by atoms with van der Waals surface area (Å²) in [6.07, 6.45) is 3.45. The Morgan fingerprint density at radius 1 is 1.15 bits per heavy atom. The van der Waals surface area contributed by atoms with Crippen LogP contribution in [0.2, 0.25) is 0 Å². The molecule has 0 saturated heterocycles. The molecule has 0 unspecified atom stereocenters. The number of nitrogens with one attached hydrogen (secondary N) is 2. The first-order valence-corrected chi connectivity index (χ1v) is 9.49. The number of halogens is 2. The molecule has 8 heteroatoms. The van der Waals surface area contributed by atoms with Gasteiger partial charge in [0, 0.05) is 40.7 Å². The molecule has 0 aliphatic rings. The van der Waals surface area contributed by atoms with Crippen LogP contribution in [0.1, 0.15) is 0 Å². The smallest absolute Gasteiger partial charge is 0.225 e. The molecule has 0 amide bonds. The summed E-state index contributed by atoms with van der Waals surface area (Å²) in [6.45, 7) is 1.54. The first kappa shape index (κ1) is 19.4. The standard InChI is InChI=1S/C19H20FIN6/c1-27(2)9-8-23-19-25-17(13-4-3-7-22-12-13)11-18(26-19)24-16-6-5-14(21)10-15(16)20/h3-7,10-12H,8-9H2,1-2H3,(H2,23,24,25,26). The molecule has 140 valence electrons. The van der Waals surface area contributed by atoms with E-state index < -0.39 is 0 Å². The minimum Gasteiger partial charge on any atom is -0.353 e. The average molecular weight is 478 g/mol. The van der Waals surface area contributed by atoms with E-state index in [4.69, 9.17) is 0 Å². The SMILES string of the molecule is CN(C)CCNc1nc(Nc2ccc(I)cc2F)cc(-c2cccnc2)n1. The second-order valence-electron chi connectivity index (χ2n) is 6.18. The van der Waals surface area contributed by atoms with E-state index in [2.05, 4.69) is 53.1 Å². The predicted molar refractivity (Wildman–Crippen MR) is 115 cm³/mol. The van der Waals surface area contributed by atoms with Crippen LogP contribution in [0.15, 0.2) is 48.8 Å².